The average Bonchev–Trinajstić information content (AvgIpc) is 2.90. The number of hydrogen-bond donors (Lipinski definition) is 2. The van der Waals surface area contributed by atoms with Crippen LogP contribution in [0, 0.1) is 0 Å². The smallest absolute Gasteiger partial charge is 0.241 e. The van der Waals surface area contributed by atoms with Crippen LogP contribution < -0.4 is 10.5 Å². The molecule has 5 nitrogen and oxygen atoms in total. The van der Waals surface area contributed by atoms with Crippen molar-refractivity contribution in [3.8, 4) is 0 Å². The van der Waals surface area contributed by atoms with Crippen LogP contribution in [0.4, 0.5) is 0 Å². The Bertz CT molecular complexity index is 1250. The highest BCUT2D eigenvalue weighted by Gasteiger charge is 2.38. The van der Waals surface area contributed by atoms with Crippen molar-refractivity contribution in [2.75, 3.05) is 5.75 Å². The number of nitrogens with two attached hydrogens (primary N) is 1. The maximum atomic E-state index is 13.0. The first-order valence-corrected chi connectivity index (χ1v) is 13.6. The molecule has 0 saturated heterocycles. The Hall–Kier alpha value is -3.39. The van der Waals surface area contributed by atoms with E-state index in [2.05, 4.69) is 4.72 Å². The minimum atomic E-state index is -3.93. The van der Waals surface area contributed by atoms with Gasteiger partial charge in [-0.1, -0.05) is 109 Å². The van der Waals surface area contributed by atoms with Crippen LogP contribution in [-0.4, -0.2) is 26.1 Å². The van der Waals surface area contributed by atoms with Crippen molar-refractivity contribution in [3.63, 3.8) is 0 Å². The molecule has 0 bridgehead atoms. The van der Waals surface area contributed by atoms with Crippen molar-refractivity contribution in [2.45, 2.75) is 15.7 Å². The van der Waals surface area contributed by atoms with E-state index >= 15 is 0 Å². The van der Waals surface area contributed by atoms with Gasteiger partial charge < -0.3 is 5.73 Å². The second kappa shape index (κ2) is 10.9. The number of sulfonamides is 1. The third-order valence-corrected chi connectivity index (χ3v) is 8.83. The summed E-state index contributed by atoms with van der Waals surface area (Å²) in [6, 6.07) is 36.8. The zero-order valence-electron chi connectivity index (χ0n) is 19.0. The van der Waals surface area contributed by atoms with Crippen molar-refractivity contribution in [2.24, 2.45) is 5.73 Å². The first-order valence-electron chi connectivity index (χ1n) is 11.1. The summed E-state index contributed by atoms with van der Waals surface area (Å²) in [5, 5.41) is 0. The van der Waals surface area contributed by atoms with E-state index in [0.29, 0.717) is 0 Å². The normalized spacial score (nSPS) is 12.7. The summed E-state index contributed by atoms with van der Waals surface area (Å²) in [6.07, 6.45) is 0. The molecule has 0 heterocycles. The molecule has 0 spiro atoms. The summed E-state index contributed by atoms with van der Waals surface area (Å²) in [7, 11) is -3.93. The first kappa shape index (κ1) is 24.7. The van der Waals surface area contributed by atoms with E-state index in [-0.39, 0.29) is 10.6 Å². The van der Waals surface area contributed by atoms with Crippen LogP contribution in [0.15, 0.2) is 126 Å². The van der Waals surface area contributed by atoms with Crippen LogP contribution in [0.3, 0.4) is 0 Å². The van der Waals surface area contributed by atoms with Gasteiger partial charge in [-0.15, -0.1) is 11.8 Å². The first-order chi connectivity index (χ1) is 16.9. The number of carbonyl (C=O) groups is 1. The van der Waals surface area contributed by atoms with E-state index < -0.39 is 26.7 Å². The molecule has 4 aromatic rings. The molecule has 7 heteroatoms. The molecule has 0 saturated carbocycles. The summed E-state index contributed by atoms with van der Waals surface area (Å²) in [5.74, 6) is -0.611. The molecule has 4 aromatic carbocycles. The molecule has 3 N–H and O–H groups in total. The van der Waals surface area contributed by atoms with Gasteiger partial charge >= 0.3 is 0 Å². The minimum Gasteiger partial charge on any atom is -0.368 e. The van der Waals surface area contributed by atoms with Gasteiger partial charge in [0.25, 0.3) is 0 Å². The fourth-order valence-corrected chi connectivity index (χ4v) is 6.91. The fraction of sp³-hybridized carbons (Fsp3) is 0.107. The predicted octanol–water partition coefficient (Wildman–Crippen LogP) is 4.54. The standard InChI is InChI=1S/C28H26N2O3S2/c29-27(31)26(30-35(32,33)25-19-11-4-12-20-25)21-34-28(22-13-5-1-6-14-22,23-15-7-2-8-16-23)24-17-9-3-10-18-24/h1-20,26,30H,21H2,(H2,29,31)/t26-/m0/s1. The summed E-state index contributed by atoms with van der Waals surface area (Å²) < 4.78 is 27.7. The number of benzene rings is 4. The number of carbonyl (C=O) groups excluding carboxylic acids is 1. The Balaban J connectivity index is 1.76. The van der Waals surface area contributed by atoms with Crippen molar-refractivity contribution < 1.29 is 13.2 Å². The third kappa shape index (κ3) is 5.48. The Morgan fingerprint density at radius 3 is 1.46 bits per heavy atom. The van der Waals surface area contributed by atoms with Crippen molar-refractivity contribution in [1.29, 1.82) is 0 Å². The number of nitrogens with one attached hydrogen (secondary N) is 1. The molecule has 0 fully saturated rings. The minimum absolute atomic E-state index is 0.0803. The maximum Gasteiger partial charge on any atom is 0.241 e. The number of primary amides is 1. The maximum absolute atomic E-state index is 13.0. The monoisotopic (exact) mass is 502 g/mol. The molecular formula is C28H26N2O3S2. The van der Waals surface area contributed by atoms with Crippen molar-refractivity contribution in [3.05, 3.63) is 138 Å². The average molecular weight is 503 g/mol. The zero-order chi connectivity index (χ0) is 24.7. The van der Waals surface area contributed by atoms with Gasteiger partial charge in [-0.2, -0.15) is 4.72 Å². The molecule has 1 amide bonds. The molecule has 0 aliphatic rings. The highest BCUT2D eigenvalue weighted by molar-refractivity contribution is 8.00. The van der Waals surface area contributed by atoms with Gasteiger partial charge in [0.1, 0.15) is 6.04 Å². The number of thioether (sulfide) groups is 1. The lowest BCUT2D eigenvalue weighted by molar-refractivity contribution is -0.119. The molecule has 0 aromatic heterocycles. The highest BCUT2D eigenvalue weighted by atomic mass is 32.2. The van der Waals surface area contributed by atoms with Crippen LogP contribution in [0.1, 0.15) is 16.7 Å². The number of rotatable bonds is 10. The van der Waals surface area contributed by atoms with Crippen LogP contribution in [0.2, 0.25) is 0 Å². The van der Waals surface area contributed by atoms with Crippen LogP contribution in [-0.2, 0) is 19.6 Å². The molecule has 35 heavy (non-hydrogen) atoms. The van der Waals surface area contributed by atoms with E-state index in [1.165, 1.54) is 23.9 Å². The Kier molecular flexibility index (Phi) is 7.70. The van der Waals surface area contributed by atoms with Crippen LogP contribution in [0.25, 0.3) is 0 Å². The lowest BCUT2D eigenvalue weighted by atomic mass is 9.84. The van der Waals surface area contributed by atoms with Gasteiger partial charge in [0.05, 0.1) is 9.64 Å². The molecular weight excluding hydrogens is 476 g/mol. The molecule has 1 atom stereocenters. The van der Waals surface area contributed by atoms with E-state index in [4.69, 9.17) is 5.73 Å². The van der Waals surface area contributed by atoms with Gasteiger partial charge in [-0.3, -0.25) is 4.79 Å². The molecule has 178 valence electrons. The molecule has 0 aliphatic heterocycles. The van der Waals surface area contributed by atoms with E-state index in [9.17, 15) is 13.2 Å². The Labute approximate surface area is 210 Å². The van der Waals surface area contributed by atoms with Gasteiger partial charge in [0, 0.05) is 5.75 Å². The lowest BCUT2D eigenvalue weighted by Crippen LogP contribution is -2.47. The number of amides is 1. The van der Waals surface area contributed by atoms with Crippen molar-refractivity contribution in [1.82, 2.24) is 4.72 Å². The SMILES string of the molecule is NC(=O)[C@H](CSC(c1ccccc1)(c1ccccc1)c1ccccc1)NS(=O)(=O)c1ccccc1. The molecule has 0 aliphatic carbocycles. The Morgan fingerprint density at radius 2 is 1.09 bits per heavy atom. The largest absolute Gasteiger partial charge is 0.368 e. The number of hydrogen-bond acceptors (Lipinski definition) is 4. The van der Waals surface area contributed by atoms with Crippen LogP contribution >= 0.6 is 11.8 Å². The predicted molar refractivity (Wildman–Crippen MR) is 141 cm³/mol. The van der Waals surface area contributed by atoms with E-state index in [1.54, 1.807) is 18.2 Å². The van der Waals surface area contributed by atoms with Gasteiger partial charge in [-0.05, 0) is 28.8 Å². The topological polar surface area (TPSA) is 89.3 Å². The van der Waals surface area contributed by atoms with Gasteiger partial charge in [0.2, 0.25) is 15.9 Å². The zero-order valence-corrected chi connectivity index (χ0v) is 20.6. The Morgan fingerprint density at radius 1 is 0.714 bits per heavy atom. The fourth-order valence-electron chi connectivity index (χ4n) is 4.01. The van der Waals surface area contributed by atoms with Crippen LogP contribution in [0.5, 0.6) is 0 Å². The second-order valence-electron chi connectivity index (χ2n) is 7.98. The van der Waals surface area contributed by atoms with Gasteiger partial charge in [0.15, 0.2) is 0 Å². The quantitative estimate of drug-likeness (QED) is 0.312. The molecule has 0 radical (unpaired) electrons. The molecule has 0 unspecified atom stereocenters. The van der Waals surface area contributed by atoms with Gasteiger partial charge in [-0.25, -0.2) is 8.42 Å². The summed E-state index contributed by atoms with van der Waals surface area (Å²) in [6.45, 7) is 0. The van der Waals surface area contributed by atoms with E-state index in [1.807, 2.05) is 91.0 Å². The van der Waals surface area contributed by atoms with Crippen molar-refractivity contribution >= 4 is 27.7 Å². The lowest BCUT2D eigenvalue weighted by Gasteiger charge is -2.36. The third-order valence-electron chi connectivity index (χ3n) is 5.70. The summed E-state index contributed by atoms with van der Waals surface area (Å²) in [4.78, 5) is 12.5. The van der Waals surface area contributed by atoms with E-state index in [0.717, 1.165) is 16.7 Å². The second-order valence-corrected chi connectivity index (χ2v) is 10.9. The molecule has 4 rings (SSSR count). The summed E-state index contributed by atoms with van der Waals surface area (Å²) >= 11 is 1.47. The summed E-state index contributed by atoms with van der Waals surface area (Å²) in [5.41, 5.74) is 8.72. The highest BCUT2D eigenvalue weighted by Crippen LogP contribution is 2.48.